The van der Waals surface area contributed by atoms with Crippen LogP contribution < -0.4 is 9.47 Å². The van der Waals surface area contributed by atoms with Crippen molar-refractivity contribution in [2.75, 3.05) is 7.11 Å². The molecule has 0 N–H and O–H groups in total. The van der Waals surface area contributed by atoms with Gasteiger partial charge in [-0.3, -0.25) is 10.1 Å². The van der Waals surface area contributed by atoms with E-state index in [4.69, 9.17) is 26.3 Å². The number of ether oxygens (including phenoxy) is 2. The number of rotatable bonds is 4. The van der Waals surface area contributed by atoms with E-state index in [2.05, 4.69) is 4.98 Å². The molecular formula is C13H8ClN3O4. The van der Waals surface area contributed by atoms with Gasteiger partial charge in [0.25, 0.3) is 5.69 Å². The van der Waals surface area contributed by atoms with E-state index in [-0.39, 0.29) is 22.5 Å². The third-order valence-electron chi connectivity index (χ3n) is 2.43. The van der Waals surface area contributed by atoms with Crippen LogP contribution in [-0.4, -0.2) is 17.0 Å². The molecule has 7 nitrogen and oxygen atoms in total. The molecule has 0 spiro atoms. The highest BCUT2D eigenvalue weighted by molar-refractivity contribution is 6.29. The van der Waals surface area contributed by atoms with E-state index in [1.54, 1.807) is 0 Å². The number of halogens is 1. The highest BCUT2D eigenvalue weighted by Crippen LogP contribution is 2.29. The first-order chi connectivity index (χ1) is 10.0. The number of benzene rings is 1. The highest BCUT2D eigenvalue weighted by atomic mass is 35.5. The third-order valence-corrected chi connectivity index (χ3v) is 2.63. The Kier molecular flexibility index (Phi) is 4.21. The van der Waals surface area contributed by atoms with Crippen molar-refractivity contribution < 1.29 is 14.4 Å². The Balaban J connectivity index is 2.38. The lowest BCUT2D eigenvalue weighted by Gasteiger charge is -2.07. The molecule has 0 aliphatic heterocycles. The molecule has 1 heterocycles. The Morgan fingerprint density at radius 2 is 2.00 bits per heavy atom. The van der Waals surface area contributed by atoms with E-state index < -0.39 is 4.92 Å². The molecule has 0 radical (unpaired) electrons. The van der Waals surface area contributed by atoms with Crippen molar-refractivity contribution in [3.05, 3.63) is 51.2 Å². The van der Waals surface area contributed by atoms with Gasteiger partial charge in [0.1, 0.15) is 16.7 Å². The second kappa shape index (κ2) is 6.07. The van der Waals surface area contributed by atoms with Gasteiger partial charge in [-0.2, -0.15) is 5.26 Å². The molecule has 0 unspecified atom stereocenters. The Hall–Kier alpha value is -2.85. The van der Waals surface area contributed by atoms with Crippen LogP contribution in [0.5, 0.6) is 17.4 Å². The van der Waals surface area contributed by atoms with Crippen molar-refractivity contribution in [2.24, 2.45) is 0 Å². The van der Waals surface area contributed by atoms with Crippen LogP contribution in [0, 0.1) is 21.4 Å². The lowest BCUT2D eigenvalue weighted by atomic mass is 10.2. The fraction of sp³-hybridized carbons (Fsp3) is 0.0769. The largest absolute Gasteiger partial charge is 0.497 e. The summed E-state index contributed by atoms with van der Waals surface area (Å²) in [5, 5.41) is 19.6. The van der Waals surface area contributed by atoms with Crippen molar-refractivity contribution in [1.29, 1.82) is 5.26 Å². The number of pyridine rings is 1. The fourth-order valence-corrected chi connectivity index (χ4v) is 1.75. The summed E-state index contributed by atoms with van der Waals surface area (Å²) >= 11 is 5.70. The molecule has 1 aromatic carbocycles. The van der Waals surface area contributed by atoms with Crippen LogP contribution in [0.1, 0.15) is 5.56 Å². The van der Waals surface area contributed by atoms with Crippen LogP contribution in [0.2, 0.25) is 5.15 Å². The van der Waals surface area contributed by atoms with Gasteiger partial charge in [-0.05, 0) is 12.1 Å². The smallest absolute Gasteiger partial charge is 0.277 e. The maximum atomic E-state index is 10.8. The summed E-state index contributed by atoms with van der Waals surface area (Å²) in [6, 6.07) is 8.71. The van der Waals surface area contributed by atoms with E-state index in [1.807, 2.05) is 6.07 Å². The molecule has 106 valence electrons. The van der Waals surface area contributed by atoms with Crippen LogP contribution in [0.25, 0.3) is 0 Å². The maximum Gasteiger partial charge on any atom is 0.277 e. The Bertz CT molecular complexity index is 743. The number of hydrogen-bond acceptors (Lipinski definition) is 6. The quantitative estimate of drug-likeness (QED) is 0.488. The summed E-state index contributed by atoms with van der Waals surface area (Å²) in [7, 11) is 1.45. The minimum atomic E-state index is -0.604. The minimum Gasteiger partial charge on any atom is -0.497 e. The monoisotopic (exact) mass is 305 g/mol. The standard InChI is InChI=1S/C13H8ClN3O4/c1-20-10-2-8(7-15)3-11(6-10)21-13-5-9(17(18)19)4-12(14)16-13/h2-6H,1H3. The zero-order chi connectivity index (χ0) is 15.4. The van der Waals surface area contributed by atoms with E-state index in [1.165, 1.54) is 25.3 Å². The van der Waals surface area contributed by atoms with Gasteiger partial charge in [-0.15, -0.1) is 0 Å². The minimum absolute atomic E-state index is 0.0497. The van der Waals surface area contributed by atoms with Gasteiger partial charge in [-0.1, -0.05) is 11.6 Å². The SMILES string of the molecule is COc1cc(C#N)cc(Oc2cc([N+](=O)[O-])cc(Cl)n2)c1. The summed E-state index contributed by atoms with van der Waals surface area (Å²) in [6.45, 7) is 0. The number of methoxy groups -OCH3 is 1. The van der Waals surface area contributed by atoms with Gasteiger partial charge in [0.15, 0.2) is 0 Å². The summed E-state index contributed by atoms with van der Waals surface area (Å²) in [4.78, 5) is 14.0. The predicted molar refractivity (Wildman–Crippen MR) is 73.7 cm³/mol. The summed E-state index contributed by atoms with van der Waals surface area (Å²) in [5.41, 5.74) is 0.0780. The molecule has 1 aromatic heterocycles. The zero-order valence-electron chi connectivity index (χ0n) is 10.7. The molecular weight excluding hydrogens is 298 g/mol. The molecule has 0 saturated heterocycles. The Morgan fingerprint density at radius 3 is 2.62 bits per heavy atom. The van der Waals surface area contributed by atoms with Gasteiger partial charge in [0, 0.05) is 6.07 Å². The van der Waals surface area contributed by atoms with Crippen molar-refractivity contribution >= 4 is 17.3 Å². The van der Waals surface area contributed by atoms with E-state index in [0.29, 0.717) is 11.3 Å². The van der Waals surface area contributed by atoms with Crippen LogP contribution in [-0.2, 0) is 0 Å². The van der Waals surface area contributed by atoms with Crippen molar-refractivity contribution in [1.82, 2.24) is 4.98 Å². The van der Waals surface area contributed by atoms with Crippen LogP contribution in [0.3, 0.4) is 0 Å². The van der Waals surface area contributed by atoms with Gasteiger partial charge >= 0.3 is 0 Å². The number of nitrogens with zero attached hydrogens (tertiary/aromatic N) is 3. The molecule has 2 aromatic rings. The average Bonchev–Trinajstić information content (AvgIpc) is 2.46. The second-order valence-electron chi connectivity index (χ2n) is 3.85. The lowest BCUT2D eigenvalue weighted by molar-refractivity contribution is -0.385. The molecule has 8 heteroatoms. The molecule has 0 fully saturated rings. The number of hydrogen-bond donors (Lipinski definition) is 0. The first-order valence-electron chi connectivity index (χ1n) is 5.61. The first-order valence-corrected chi connectivity index (χ1v) is 5.98. The molecule has 0 bridgehead atoms. The summed E-state index contributed by atoms with van der Waals surface area (Å²) in [6.07, 6.45) is 0. The molecule has 0 amide bonds. The van der Waals surface area contributed by atoms with Crippen LogP contribution in [0.15, 0.2) is 30.3 Å². The third kappa shape index (κ3) is 3.58. The highest BCUT2D eigenvalue weighted by Gasteiger charge is 2.12. The van der Waals surface area contributed by atoms with E-state index in [0.717, 1.165) is 12.1 Å². The normalized spacial score (nSPS) is 9.76. The van der Waals surface area contributed by atoms with Gasteiger partial charge < -0.3 is 9.47 Å². The average molecular weight is 306 g/mol. The molecule has 21 heavy (non-hydrogen) atoms. The molecule has 0 aliphatic rings. The van der Waals surface area contributed by atoms with E-state index in [9.17, 15) is 10.1 Å². The molecule has 0 atom stereocenters. The first kappa shape index (κ1) is 14.6. The van der Waals surface area contributed by atoms with Crippen molar-refractivity contribution in [2.45, 2.75) is 0 Å². The molecule has 0 aliphatic carbocycles. The molecule has 0 saturated carbocycles. The number of aromatic nitrogens is 1. The van der Waals surface area contributed by atoms with Gasteiger partial charge in [-0.25, -0.2) is 4.98 Å². The molecule has 2 rings (SSSR count). The Labute approximate surface area is 124 Å². The van der Waals surface area contributed by atoms with Gasteiger partial charge in [0.2, 0.25) is 5.88 Å². The Morgan fingerprint density at radius 1 is 1.29 bits per heavy atom. The van der Waals surface area contributed by atoms with Gasteiger partial charge in [0.05, 0.1) is 35.8 Å². The zero-order valence-corrected chi connectivity index (χ0v) is 11.5. The topological polar surface area (TPSA) is 98.3 Å². The summed E-state index contributed by atoms with van der Waals surface area (Å²) < 4.78 is 10.4. The summed E-state index contributed by atoms with van der Waals surface area (Å²) in [5.74, 6) is 0.627. The number of nitro groups is 1. The van der Waals surface area contributed by atoms with Crippen LogP contribution in [0.4, 0.5) is 5.69 Å². The number of nitriles is 1. The van der Waals surface area contributed by atoms with Crippen molar-refractivity contribution in [3.63, 3.8) is 0 Å². The maximum absolute atomic E-state index is 10.8. The van der Waals surface area contributed by atoms with Crippen molar-refractivity contribution in [3.8, 4) is 23.4 Å². The van der Waals surface area contributed by atoms with E-state index >= 15 is 0 Å². The fourth-order valence-electron chi connectivity index (χ4n) is 1.55. The van der Waals surface area contributed by atoms with Crippen LogP contribution >= 0.6 is 11.6 Å². The second-order valence-corrected chi connectivity index (χ2v) is 4.24. The predicted octanol–water partition coefficient (Wildman–Crippen LogP) is 3.32. The lowest BCUT2D eigenvalue weighted by Crippen LogP contribution is -1.94.